The van der Waals surface area contributed by atoms with E-state index in [0.717, 1.165) is 24.8 Å². The van der Waals surface area contributed by atoms with Crippen LogP contribution in [-0.4, -0.2) is 41.3 Å². The first kappa shape index (κ1) is 18.9. The molecule has 140 valence electrons. The van der Waals surface area contributed by atoms with E-state index in [1.807, 2.05) is 6.92 Å². The fraction of sp³-hybridized carbons (Fsp3) is 0.412. The highest BCUT2D eigenvalue weighted by atomic mass is 35.5. The molecule has 0 saturated carbocycles. The Morgan fingerprint density at radius 3 is 2.73 bits per heavy atom. The van der Waals surface area contributed by atoms with Crippen LogP contribution in [0.1, 0.15) is 24.8 Å². The lowest BCUT2D eigenvalue weighted by Crippen LogP contribution is -2.35. The fourth-order valence-corrected chi connectivity index (χ4v) is 4.52. The number of carbonyl (C=O) groups is 1. The smallest absolute Gasteiger partial charge is 0.262 e. The molecule has 9 heteroatoms. The molecule has 0 unspecified atom stereocenters. The van der Waals surface area contributed by atoms with E-state index in [4.69, 9.17) is 11.6 Å². The van der Waals surface area contributed by atoms with E-state index in [9.17, 15) is 13.2 Å². The number of nitrogens with one attached hydrogen (secondary N) is 1. The normalized spacial score (nSPS) is 15.8. The molecule has 0 bridgehead atoms. The summed E-state index contributed by atoms with van der Waals surface area (Å²) in [6, 6.07) is 5.27. The molecule has 26 heavy (non-hydrogen) atoms. The maximum Gasteiger partial charge on any atom is 0.262 e. The van der Waals surface area contributed by atoms with E-state index in [2.05, 4.69) is 10.3 Å². The number of halogens is 1. The molecule has 1 fully saturated rings. The molecule has 1 N–H and O–H groups in total. The van der Waals surface area contributed by atoms with Crippen molar-refractivity contribution in [2.45, 2.75) is 37.8 Å². The molecule has 1 saturated heterocycles. The van der Waals surface area contributed by atoms with Crippen LogP contribution in [0.3, 0.4) is 0 Å². The van der Waals surface area contributed by atoms with Crippen LogP contribution >= 0.6 is 11.6 Å². The van der Waals surface area contributed by atoms with E-state index < -0.39 is 10.0 Å². The number of amides is 1. The molecule has 7 nitrogen and oxygen atoms in total. The second-order valence-corrected chi connectivity index (χ2v) is 8.60. The van der Waals surface area contributed by atoms with Gasteiger partial charge in [-0.3, -0.25) is 4.79 Å². The van der Waals surface area contributed by atoms with Crippen molar-refractivity contribution in [3.05, 3.63) is 41.3 Å². The van der Waals surface area contributed by atoms with Gasteiger partial charge in [-0.25, -0.2) is 13.4 Å². The number of hydrogen-bond donors (Lipinski definition) is 1. The molecule has 1 aromatic carbocycles. The molecule has 0 spiro atoms. The number of carbonyl (C=O) groups excluding carboxylic acids is 1. The Bertz CT molecular complexity index is 904. The van der Waals surface area contributed by atoms with Gasteiger partial charge in [-0.2, -0.15) is 4.31 Å². The van der Waals surface area contributed by atoms with Gasteiger partial charge in [0, 0.05) is 30.0 Å². The molecular formula is C17H21ClN4O3S. The van der Waals surface area contributed by atoms with Gasteiger partial charge < -0.3 is 9.88 Å². The van der Waals surface area contributed by atoms with Gasteiger partial charge in [0.15, 0.2) is 5.03 Å². The van der Waals surface area contributed by atoms with Crippen LogP contribution in [-0.2, 0) is 21.4 Å². The van der Waals surface area contributed by atoms with Crippen LogP contribution in [0, 0.1) is 6.92 Å². The second kappa shape index (κ2) is 7.77. The molecule has 2 aromatic rings. The van der Waals surface area contributed by atoms with Gasteiger partial charge in [-0.05, 0) is 37.5 Å². The lowest BCUT2D eigenvalue weighted by atomic mass is 10.2. The zero-order valence-corrected chi connectivity index (χ0v) is 16.1. The van der Waals surface area contributed by atoms with Crippen molar-refractivity contribution in [2.24, 2.45) is 0 Å². The second-order valence-electron chi connectivity index (χ2n) is 6.31. The van der Waals surface area contributed by atoms with Crippen LogP contribution in [0.25, 0.3) is 0 Å². The molecule has 0 radical (unpaired) electrons. The Balaban J connectivity index is 1.68. The predicted octanol–water partition coefficient (Wildman–Crippen LogP) is 2.66. The highest BCUT2D eigenvalue weighted by molar-refractivity contribution is 7.89. The van der Waals surface area contributed by atoms with Crippen molar-refractivity contribution in [2.75, 3.05) is 18.4 Å². The van der Waals surface area contributed by atoms with E-state index in [0.29, 0.717) is 23.8 Å². The summed E-state index contributed by atoms with van der Waals surface area (Å²) in [5, 5.41) is 3.33. The zero-order valence-electron chi connectivity index (χ0n) is 14.5. The summed E-state index contributed by atoms with van der Waals surface area (Å²) in [6.45, 7) is 2.82. The minimum Gasteiger partial charge on any atom is -0.327 e. The van der Waals surface area contributed by atoms with Crippen molar-refractivity contribution in [3.63, 3.8) is 0 Å². The van der Waals surface area contributed by atoms with Crippen molar-refractivity contribution in [1.82, 2.24) is 13.9 Å². The summed E-state index contributed by atoms with van der Waals surface area (Å²) in [7, 11) is -3.60. The maximum absolute atomic E-state index is 12.6. The topological polar surface area (TPSA) is 84.3 Å². The summed E-state index contributed by atoms with van der Waals surface area (Å²) in [5.74, 6) is -0.283. The number of sulfonamides is 1. The lowest BCUT2D eigenvalue weighted by molar-refractivity contribution is -0.116. The number of anilines is 1. The number of benzene rings is 1. The van der Waals surface area contributed by atoms with E-state index >= 15 is 0 Å². The van der Waals surface area contributed by atoms with Gasteiger partial charge in [-0.15, -0.1) is 0 Å². The van der Waals surface area contributed by atoms with E-state index in [1.165, 1.54) is 21.4 Å². The molecule has 1 aliphatic rings. The van der Waals surface area contributed by atoms with Crippen LogP contribution in [0.4, 0.5) is 5.69 Å². The molecule has 0 atom stereocenters. The summed E-state index contributed by atoms with van der Waals surface area (Å²) in [6.07, 6.45) is 5.53. The highest BCUT2D eigenvalue weighted by Crippen LogP contribution is 2.23. The number of aromatic nitrogens is 2. The van der Waals surface area contributed by atoms with Gasteiger partial charge in [-0.1, -0.05) is 24.1 Å². The minimum absolute atomic E-state index is 0.0221. The molecule has 1 aromatic heterocycles. The van der Waals surface area contributed by atoms with E-state index in [-0.39, 0.29) is 17.5 Å². The minimum atomic E-state index is -3.60. The number of piperidine rings is 1. The average molecular weight is 397 g/mol. The molecule has 3 rings (SSSR count). The first-order valence-corrected chi connectivity index (χ1v) is 10.3. The van der Waals surface area contributed by atoms with Gasteiger partial charge >= 0.3 is 0 Å². The average Bonchev–Trinajstić information content (AvgIpc) is 3.09. The molecule has 0 aliphatic carbocycles. The molecule has 2 heterocycles. The Kier molecular flexibility index (Phi) is 5.64. The van der Waals surface area contributed by atoms with Crippen molar-refractivity contribution < 1.29 is 13.2 Å². The third kappa shape index (κ3) is 4.08. The van der Waals surface area contributed by atoms with Crippen LogP contribution in [0.15, 0.2) is 35.7 Å². The summed E-state index contributed by atoms with van der Waals surface area (Å²) in [4.78, 5) is 16.2. The van der Waals surface area contributed by atoms with Crippen LogP contribution in [0.2, 0.25) is 5.02 Å². The highest BCUT2D eigenvalue weighted by Gasteiger charge is 2.28. The zero-order chi connectivity index (χ0) is 18.7. The van der Waals surface area contributed by atoms with Gasteiger partial charge in [0.1, 0.15) is 6.54 Å². The van der Waals surface area contributed by atoms with Crippen LogP contribution in [0.5, 0.6) is 0 Å². The Morgan fingerprint density at radius 2 is 2.00 bits per heavy atom. The SMILES string of the molecule is Cc1c(Cl)cccc1NC(=O)Cn1cnc(S(=O)(=O)N2CCCCC2)c1. The molecular weight excluding hydrogens is 376 g/mol. The molecule has 1 aliphatic heterocycles. The Morgan fingerprint density at radius 1 is 1.27 bits per heavy atom. The van der Waals surface area contributed by atoms with Crippen molar-refractivity contribution in [1.29, 1.82) is 0 Å². The Labute approximate surface area is 158 Å². The summed E-state index contributed by atoms with van der Waals surface area (Å²) >= 11 is 6.05. The summed E-state index contributed by atoms with van der Waals surface area (Å²) < 4.78 is 28.1. The third-order valence-electron chi connectivity index (χ3n) is 4.40. The van der Waals surface area contributed by atoms with Gasteiger partial charge in [0.25, 0.3) is 10.0 Å². The van der Waals surface area contributed by atoms with Gasteiger partial charge in [0.05, 0.1) is 6.33 Å². The maximum atomic E-state index is 12.6. The quantitative estimate of drug-likeness (QED) is 0.842. The number of rotatable bonds is 5. The summed E-state index contributed by atoms with van der Waals surface area (Å²) in [5.41, 5.74) is 1.41. The number of hydrogen-bond acceptors (Lipinski definition) is 4. The number of imidazole rings is 1. The molecule has 1 amide bonds. The third-order valence-corrected chi connectivity index (χ3v) is 6.59. The van der Waals surface area contributed by atoms with E-state index in [1.54, 1.807) is 18.2 Å². The Hall–Kier alpha value is -1.90. The lowest BCUT2D eigenvalue weighted by Gasteiger charge is -2.24. The van der Waals surface area contributed by atoms with Crippen molar-refractivity contribution >= 4 is 33.2 Å². The monoisotopic (exact) mass is 396 g/mol. The predicted molar refractivity (Wildman–Crippen MR) is 99.7 cm³/mol. The van der Waals surface area contributed by atoms with Crippen LogP contribution < -0.4 is 5.32 Å². The number of nitrogens with zero attached hydrogens (tertiary/aromatic N) is 3. The first-order valence-electron chi connectivity index (χ1n) is 8.45. The standard InChI is InChI=1S/C17H21ClN4O3S/c1-13-14(18)6-5-7-15(13)20-16(23)10-21-11-17(19-12-21)26(24,25)22-8-3-2-4-9-22/h5-7,11-12H,2-4,8-10H2,1H3,(H,20,23). The first-order chi connectivity index (χ1) is 12.4. The van der Waals surface area contributed by atoms with Gasteiger partial charge in [0.2, 0.25) is 5.91 Å². The fourth-order valence-electron chi connectivity index (χ4n) is 2.90. The largest absolute Gasteiger partial charge is 0.327 e. The van der Waals surface area contributed by atoms with Crippen molar-refractivity contribution in [3.8, 4) is 0 Å².